The van der Waals surface area contributed by atoms with Gasteiger partial charge in [-0.25, -0.2) is 0 Å². The summed E-state index contributed by atoms with van der Waals surface area (Å²) in [7, 11) is 0. The van der Waals surface area contributed by atoms with Gasteiger partial charge in [-0.3, -0.25) is 0 Å². The molecule has 0 amide bonds. The Kier molecular flexibility index (Phi) is 1.98. The Labute approximate surface area is 87.2 Å². The summed E-state index contributed by atoms with van der Waals surface area (Å²) in [6.07, 6.45) is 0. The van der Waals surface area contributed by atoms with E-state index in [1.807, 2.05) is 6.07 Å². The summed E-state index contributed by atoms with van der Waals surface area (Å²) < 4.78 is 1.65. The number of aromatic hydroxyl groups is 1. The van der Waals surface area contributed by atoms with E-state index in [4.69, 9.17) is 5.26 Å². The summed E-state index contributed by atoms with van der Waals surface area (Å²) in [4.78, 5) is 0. The van der Waals surface area contributed by atoms with Gasteiger partial charge in [0.1, 0.15) is 0 Å². The van der Waals surface area contributed by atoms with Gasteiger partial charge >= 0.3 is 0 Å². The van der Waals surface area contributed by atoms with Crippen LogP contribution in [0.5, 0.6) is 5.06 Å². The van der Waals surface area contributed by atoms with Gasteiger partial charge < -0.3 is 5.11 Å². The lowest BCUT2D eigenvalue weighted by Crippen LogP contribution is -1.71. The van der Waals surface area contributed by atoms with Gasteiger partial charge in [-0.05, 0) is 34.1 Å². The highest BCUT2D eigenvalue weighted by Gasteiger charge is 2.08. The molecule has 2 nitrogen and oxygen atoms in total. The third-order valence-corrected chi connectivity index (χ3v) is 3.78. The first-order valence-electron chi connectivity index (χ1n) is 3.53. The highest BCUT2D eigenvalue weighted by atomic mass is 79.9. The maximum absolute atomic E-state index is 9.40. The minimum absolute atomic E-state index is 0.255. The zero-order valence-corrected chi connectivity index (χ0v) is 8.82. The normalized spacial score (nSPS) is 10.2. The summed E-state index contributed by atoms with van der Waals surface area (Å²) in [5.41, 5.74) is 0.603. The van der Waals surface area contributed by atoms with Gasteiger partial charge in [0.25, 0.3) is 0 Å². The molecule has 0 aliphatic carbocycles. The quantitative estimate of drug-likeness (QED) is 0.784. The number of fused-ring (bicyclic) bond motifs is 1. The second-order valence-electron chi connectivity index (χ2n) is 2.54. The minimum atomic E-state index is 0.255. The minimum Gasteiger partial charge on any atom is -0.499 e. The van der Waals surface area contributed by atoms with Crippen LogP contribution in [-0.2, 0) is 0 Å². The Morgan fingerprint density at radius 3 is 2.92 bits per heavy atom. The molecule has 1 aromatic carbocycles. The number of nitriles is 1. The van der Waals surface area contributed by atoms with Crippen molar-refractivity contribution in [3.63, 3.8) is 0 Å². The second kappa shape index (κ2) is 3.02. The highest BCUT2D eigenvalue weighted by molar-refractivity contribution is 9.10. The van der Waals surface area contributed by atoms with Crippen LogP contribution >= 0.6 is 27.3 Å². The molecule has 1 N–H and O–H groups in total. The monoisotopic (exact) mass is 253 g/mol. The van der Waals surface area contributed by atoms with Gasteiger partial charge in [0.05, 0.1) is 16.1 Å². The predicted molar refractivity (Wildman–Crippen MR) is 55.9 cm³/mol. The molecule has 0 bridgehead atoms. The van der Waals surface area contributed by atoms with Crippen LogP contribution in [0.4, 0.5) is 0 Å². The third kappa shape index (κ3) is 1.30. The van der Waals surface area contributed by atoms with Gasteiger partial charge in [0.15, 0.2) is 5.06 Å². The van der Waals surface area contributed by atoms with Gasteiger partial charge in [-0.2, -0.15) is 5.26 Å². The van der Waals surface area contributed by atoms with Crippen LogP contribution in [-0.4, -0.2) is 5.11 Å². The molecule has 0 spiro atoms. The fourth-order valence-corrected chi connectivity index (χ4v) is 2.64. The molecule has 13 heavy (non-hydrogen) atoms. The Hall–Kier alpha value is -1.05. The molecule has 2 rings (SSSR count). The lowest BCUT2D eigenvalue weighted by molar-refractivity contribution is 0.488. The standard InChI is InChI=1S/C9H4BrNOS/c10-8-6-3-5(4-11)1-2-7(6)13-9(8)12/h1-3,12H. The van der Waals surface area contributed by atoms with Crippen LogP contribution in [0.1, 0.15) is 5.56 Å². The van der Waals surface area contributed by atoms with Crippen LogP contribution in [0.25, 0.3) is 10.1 Å². The first-order chi connectivity index (χ1) is 6.22. The van der Waals surface area contributed by atoms with Crippen molar-refractivity contribution in [2.75, 3.05) is 0 Å². The molecule has 0 atom stereocenters. The van der Waals surface area contributed by atoms with E-state index in [0.29, 0.717) is 10.0 Å². The second-order valence-corrected chi connectivity index (χ2v) is 4.37. The average molecular weight is 254 g/mol. The van der Waals surface area contributed by atoms with E-state index in [1.54, 1.807) is 12.1 Å². The maximum Gasteiger partial charge on any atom is 0.186 e. The van der Waals surface area contributed by atoms with E-state index in [-0.39, 0.29) is 5.06 Å². The number of hydrogen-bond donors (Lipinski definition) is 1. The van der Waals surface area contributed by atoms with Crippen LogP contribution < -0.4 is 0 Å². The molecule has 0 saturated heterocycles. The summed E-state index contributed by atoms with van der Waals surface area (Å²) in [5.74, 6) is 0. The SMILES string of the molecule is N#Cc1ccc2sc(O)c(Br)c2c1. The van der Waals surface area contributed by atoms with Crippen molar-refractivity contribution in [3.8, 4) is 11.1 Å². The summed E-state index contributed by atoms with van der Waals surface area (Å²) in [6.45, 7) is 0. The number of nitrogens with zero attached hydrogens (tertiary/aromatic N) is 1. The summed E-state index contributed by atoms with van der Waals surface area (Å²) in [5, 5.41) is 19.2. The Morgan fingerprint density at radius 1 is 1.46 bits per heavy atom. The maximum atomic E-state index is 9.40. The Bertz CT molecular complexity index is 512. The Balaban J connectivity index is 2.84. The molecule has 0 aliphatic heterocycles. The van der Waals surface area contributed by atoms with Gasteiger partial charge in [-0.1, -0.05) is 11.3 Å². The zero-order valence-electron chi connectivity index (χ0n) is 6.41. The number of rotatable bonds is 0. The van der Waals surface area contributed by atoms with Gasteiger partial charge in [0, 0.05) is 10.1 Å². The number of halogens is 1. The molecular formula is C9H4BrNOS. The molecule has 2 aromatic rings. The van der Waals surface area contributed by atoms with E-state index in [2.05, 4.69) is 22.0 Å². The molecule has 64 valence electrons. The van der Waals surface area contributed by atoms with Crippen LogP contribution in [0.15, 0.2) is 22.7 Å². The molecule has 0 radical (unpaired) electrons. The Morgan fingerprint density at radius 2 is 2.23 bits per heavy atom. The third-order valence-electron chi connectivity index (χ3n) is 1.74. The van der Waals surface area contributed by atoms with E-state index in [0.717, 1.165) is 10.1 Å². The van der Waals surface area contributed by atoms with Crippen molar-refractivity contribution in [1.29, 1.82) is 5.26 Å². The fourth-order valence-electron chi connectivity index (χ4n) is 1.12. The topological polar surface area (TPSA) is 44.0 Å². The van der Waals surface area contributed by atoms with Crippen LogP contribution in [0.2, 0.25) is 0 Å². The lowest BCUT2D eigenvalue weighted by Gasteiger charge is -1.90. The number of thiophene rings is 1. The fraction of sp³-hybridized carbons (Fsp3) is 0. The van der Waals surface area contributed by atoms with Crippen LogP contribution in [0, 0.1) is 11.3 Å². The molecule has 4 heteroatoms. The van der Waals surface area contributed by atoms with Crippen molar-refractivity contribution in [3.05, 3.63) is 28.2 Å². The van der Waals surface area contributed by atoms with Crippen molar-refractivity contribution in [2.45, 2.75) is 0 Å². The smallest absolute Gasteiger partial charge is 0.186 e. The molecule has 1 aromatic heterocycles. The lowest BCUT2D eigenvalue weighted by atomic mass is 10.2. The van der Waals surface area contributed by atoms with Gasteiger partial charge in [0.2, 0.25) is 0 Å². The van der Waals surface area contributed by atoms with Crippen molar-refractivity contribution in [1.82, 2.24) is 0 Å². The first-order valence-corrected chi connectivity index (χ1v) is 5.14. The largest absolute Gasteiger partial charge is 0.499 e. The molecule has 0 aliphatic rings. The van der Waals surface area contributed by atoms with E-state index in [1.165, 1.54) is 11.3 Å². The first kappa shape index (κ1) is 8.54. The van der Waals surface area contributed by atoms with E-state index in [9.17, 15) is 5.11 Å². The van der Waals surface area contributed by atoms with Crippen molar-refractivity contribution >= 4 is 37.4 Å². The van der Waals surface area contributed by atoms with Crippen molar-refractivity contribution in [2.24, 2.45) is 0 Å². The summed E-state index contributed by atoms with van der Waals surface area (Å²) >= 11 is 4.56. The van der Waals surface area contributed by atoms with Gasteiger partial charge in [-0.15, -0.1) is 0 Å². The van der Waals surface area contributed by atoms with E-state index >= 15 is 0 Å². The summed E-state index contributed by atoms with van der Waals surface area (Å²) in [6, 6.07) is 7.39. The average Bonchev–Trinajstić information content (AvgIpc) is 2.43. The zero-order chi connectivity index (χ0) is 9.42. The van der Waals surface area contributed by atoms with E-state index < -0.39 is 0 Å². The molecule has 1 heterocycles. The van der Waals surface area contributed by atoms with Crippen LogP contribution in [0.3, 0.4) is 0 Å². The predicted octanol–water partition coefficient (Wildman–Crippen LogP) is 3.24. The highest BCUT2D eigenvalue weighted by Crippen LogP contribution is 2.40. The number of hydrogen-bond acceptors (Lipinski definition) is 3. The molecular weight excluding hydrogens is 250 g/mol. The molecule has 0 fully saturated rings. The molecule has 0 unspecified atom stereocenters. The number of benzene rings is 1. The molecule has 0 saturated carbocycles. The van der Waals surface area contributed by atoms with Crippen molar-refractivity contribution < 1.29 is 5.11 Å².